The van der Waals surface area contributed by atoms with Gasteiger partial charge in [0.05, 0.1) is 6.42 Å². The molecule has 10 heteroatoms. The lowest BCUT2D eigenvalue weighted by Crippen LogP contribution is -2.35. The maximum Gasteiger partial charge on any atom is 0.304 e. The maximum atomic E-state index is 15.3. The zero-order valence-corrected chi connectivity index (χ0v) is 22.1. The fourth-order valence-corrected chi connectivity index (χ4v) is 5.85. The second-order valence-electron chi connectivity index (χ2n) is 9.71. The molecule has 1 fully saturated rings. The normalized spacial score (nSPS) is 15.0. The highest BCUT2D eigenvalue weighted by molar-refractivity contribution is 7.14. The molecule has 0 spiro atoms. The number of anilines is 1. The van der Waals surface area contributed by atoms with Crippen LogP contribution in [0.5, 0.6) is 0 Å². The van der Waals surface area contributed by atoms with Gasteiger partial charge in [-0.25, -0.2) is 9.97 Å². The quantitative estimate of drug-likeness (QED) is 0.325. The lowest BCUT2D eigenvalue weighted by atomic mass is 9.86. The van der Waals surface area contributed by atoms with Gasteiger partial charge in [-0.3, -0.25) is 14.5 Å². The molecule has 0 bridgehead atoms. The van der Waals surface area contributed by atoms with Gasteiger partial charge in [0.15, 0.2) is 5.13 Å². The van der Waals surface area contributed by atoms with Crippen molar-refractivity contribution in [1.29, 1.82) is 0 Å². The van der Waals surface area contributed by atoms with Gasteiger partial charge in [0.1, 0.15) is 11.3 Å². The van der Waals surface area contributed by atoms with Gasteiger partial charge < -0.3 is 14.4 Å². The third-order valence-corrected chi connectivity index (χ3v) is 8.04. The van der Waals surface area contributed by atoms with Crippen molar-refractivity contribution in [2.45, 2.75) is 25.7 Å². The predicted molar refractivity (Wildman–Crippen MR) is 145 cm³/mol. The molecule has 1 atom stereocenters. The first kappa shape index (κ1) is 26.0. The molecule has 1 amide bonds. The topological polar surface area (TPSA) is 97.6 Å². The van der Waals surface area contributed by atoms with Crippen LogP contribution in [-0.2, 0) is 21.4 Å². The summed E-state index contributed by atoms with van der Waals surface area (Å²) >= 11 is 0.779. The van der Waals surface area contributed by atoms with Gasteiger partial charge in [0.25, 0.3) is 0 Å². The van der Waals surface area contributed by atoms with Gasteiger partial charge in [-0.15, -0.1) is 0 Å². The molecule has 1 aliphatic rings. The summed E-state index contributed by atoms with van der Waals surface area (Å²) in [4.78, 5) is 35.3. The molecular weight excluding hydrogens is 507 g/mol. The molecule has 0 aliphatic carbocycles. The van der Waals surface area contributed by atoms with Gasteiger partial charge in [0.2, 0.25) is 11.0 Å². The Morgan fingerprint density at radius 2 is 1.97 bits per heavy atom. The number of halogens is 1. The van der Waals surface area contributed by atoms with Crippen LogP contribution in [-0.4, -0.2) is 51.8 Å². The van der Waals surface area contributed by atoms with E-state index in [0.29, 0.717) is 25.2 Å². The van der Waals surface area contributed by atoms with Gasteiger partial charge >= 0.3 is 5.97 Å². The third kappa shape index (κ3) is 5.32. The van der Waals surface area contributed by atoms with Crippen molar-refractivity contribution in [3.63, 3.8) is 0 Å². The molecule has 1 N–H and O–H groups in total. The summed E-state index contributed by atoms with van der Waals surface area (Å²) in [5, 5.41) is 10.1. The van der Waals surface area contributed by atoms with E-state index in [1.54, 1.807) is 12.3 Å². The number of aryl methyl sites for hydroxylation is 1. The van der Waals surface area contributed by atoms with Crippen molar-refractivity contribution in [3.05, 3.63) is 53.9 Å². The Kier molecular flexibility index (Phi) is 7.53. The van der Waals surface area contributed by atoms with Gasteiger partial charge in [-0.05, 0) is 42.9 Å². The molecule has 1 aliphatic heterocycles. The number of pyridine rings is 1. The molecule has 4 aromatic rings. The van der Waals surface area contributed by atoms with E-state index in [0.717, 1.165) is 46.3 Å². The number of amides is 1. The van der Waals surface area contributed by atoms with Crippen molar-refractivity contribution in [3.8, 4) is 22.4 Å². The minimum atomic E-state index is -1.03. The zero-order valence-electron chi connectivity index (χ0n) is 21.3. The van der Waals surface area contributed by atoms with E-state index >= 15 is 4.39 Å². The van der Waals surface area contributed by atoms with E-state index in [2.05, 4.69) is 9.97 Å². The van der Waals surface area contributed by atoms with Crippen LogP contribution in [0.4, 0.5) is 9.52 Å². The van der Waals surface area contributed by atoms with E-state index in [1.807, 2.05) is 48.1 Å². The van der Waals surface area contributed by atoms with Crippen molar-refractivity contribution < 1.29 is 23.8 Å². The minimum absolute atomic E-state index is 0.146. The summed E-state index contributed by atoms with van der Waals surface area (Å²) in [6, 6.07) is 11.4. The third-order valence-electron chi connectivity index (χ3n) is 7.12. The van der Waals surface area contributed by atoms with E-state index < -0.39 is 17.0 Å². The van der Waals surface area contributed by atoms with E-state index in [-0.39, 0.29) is 29.1 Å². The Bertz CT molecular complexity index is 1480. The lowest BCUT2D eigenvalue weighted by Gasteiger charge is -2.27. The van der Waals surface area contributed by atoms with Crippen LogP contribution >= 0.6 is 11.3 Å². The van der Waals surface area contributed by atoms with Crippen LogP contribution in [0.25, 0.3) is 33.4 Å². The van der Waals surface area contributed by atoms with Crippen LogP contribution in [0, 0.1) is 17.0 Å². The number of aliphatic carboxylic acids is 1. The predicted octanol–water partition coefficient (Wildman–Crippen LogP) is 5.37. The summed E-state index contributed by atoms with van der Waals surface area (Å²) in [7, 11) is 3.46. The summed E-state index contributed by atoms with van der Waals surface area (Å²) in [5.41, 5.74) is 3.20. The number of hydrogen-bond acceptors (Lipinski definition) is 6. The molecular formula is C28H29FN4O4S. The number of benzene rings is 1. The van der Waals surface area contributed by atoms with Crippen LogP contribution in [0.3, 0.4) is 0 Å². The second kappa shape index (κ2) is 11.0. The number of fused-ring (bicyclic) bond motifs is 1. The molecule has 198 valence electrons. The molecule has 1 saturated heterocycles. The van der Waals surface area contributed by atoms with Crippen LogP contribution in [0.1, 0.15) is 25.7 Å². The van der Waals surface area contributed by atoms with Crippen LogP contribution in [0.15, 0.2) is 48.8 Å². The van der Waals surface area contributed by atoms with E-state index in [1.165, 1.54) is 11.9 Å². The SMILES string of the molecule is CN(C(=O)C(CC(=O)O)CC1CCOCC1)c1nc(-c2ccccc2-c2cnc3c(ccn3C)c2)c(F)s1. The van der Waals surface area contributed by atoms with Crippen LogP contribution in [0.2, 0.25) is 0 Å². The number of carboxylic acid groups (broad SMARTS) is 1. The first-order valence-corrected chi connectivity index (χ1v) is 13.4. The standard InChI is InChI=1S/C28H29FN4O4S/c1-32-10-7-18-14-20(16-30-26(18)32)21-5-3-4-6-22(21)24-25(29)38-28(31-24)33(2)27(36)19(15-23(34)35)13-17-8-11-37-12-9-17/h3-7,10,14,16-17,19H,8-9,11-13,15H2,1-2H3,(H,34,35). The van der Waals surface area contributed by atoms with Crippen molar-refractivity contribution in [2.75, 3.05) is 25.2 Å². The average Bonchev–Trinajstić information content (AvgIpc) is 3.49. The molecule has 38 heavy (non-hydrogen) atoms. The number of aromatic nitrogens is 3. The highest BCUT2D eigenvalue weighted by atomic mass is 32.1. The Labute approximate surface area is 223 Å². The first-order valence-electron chi connectivity index (χ1n) is 12.6. The fraction of sp³-hybridized carbons (Fsp3) is 0.357. The Morgan fingerprint density at radius 1 is 1.24 bits per heavy atom. The number of thiazole rings is 1. The first-order chi connectivity index (χ1) is 18.3. The molecule has 5 rings (SSSR count). The largest absolute Gasteiger partial charge is 0.481 e. The smallest absolute Gasteiger partial charge is 0.304 e. The number of carboxylic acids is 1. The van der Waals surface area contributed by atoms with Crippen LogP contribution < -0.4 is 4.90 Å². The number of nitrogens with zero attached hydrogens (tertiary/aromatic N) is 4. The average molecular weight is 537 g/mol. The van der Waals surface area contributed by atoms with Crippen molar-refractivity contribution in [2.24, 2.45) is 18.9 Å². The molecule has 0 radical (unpaired) electrons. The number of carbonyl (C=O) groups is 2. The van der Waals surface area contributed by atoms with Gasteiger partial charge in [-0.1, -0.05) is 35.6 Å². The summed E-state index contributed by atoms with van der Waals surface area (Å²) < 4.78 is 22.7. The Hall–Kier alpha value is -3.63. The summed E-state index contributed by atoms with van der Waals surface area (Å²) in [6.45, 7) is 1.23. The highest BCUT2D eigenvalue weighted by Gasteiger charge is 2.31. The number of rotatable bonds is 8. The molecule has 8 nitrogen and oxygen atoms in total. The molecule has 0 saturated carbocycles. The maximum absolute atomic E-state index is 15.3. The Balaban J connectivity index is 1.43. The van der Waals surface area contributed by atoms with E-state index in [4.69, 9.17) is 4.74 Å². The zero-order chi connectivity index (χ0) is 26.8. The molecule has 3 aromatic heterocycles. The second-order valence-corrected chi connectivity index (χ2v) is 10.6. The number of ether oxygens (including phenoxy) is 1. The fourth-order valence-electron chi connectivity index (χ4n) is 5.08. The summed E-state index contributed by atoms with van der Waals surface area (Å²) in [6.07, 6.45) is 5.46. The van der Waals surface area contributed by atoms with Gasteiger partial charge in [0, 0.05) is 62.1 Å². The number of carbonyl (C=O) groups excluding carboxylic acids is 1. The van der Waals surface area contributed by atoms with E-state index in [9.17, 15) is 14.7 Å². The summed E-state index contributed by atoms with van der Waals surface area (Å²) in [5.74, 6) is -1.90. The lowest BCUT2D eigenvalue weighted by molar-refractivity contribution is -0.141. The molecule has 1 aromatic carbocycles. The van der Waals surface area contributed by atoms with Crippen molar-refractivity contribution in [1.82, 2.24) is 14.5 Å². The highest BCUT2D eigenvalue weighted by Crippen LogP contribution is 2.38. The number of hydrogen-bond donors (Lipinski definition) is 1. The monoisotopic (exact) mass is 536 g/mol. The van der Waals surface area contributed by atoms with Crippen molar-refractivity contribution >= 4 is 39.4 Å². The minimum Gasteiger partial charge on any atom is -0.481 e. The Morgan fingerprint density at radius 3 is 2.71 bits per heavy atom. The van der Waals surface area contributed by atoms with Gasteiger partial charge in [-0.2, -0.15) is 4.39 Å². The molecule has 4 heterocycles. The molecule has 1 unspecified atom stereocenters.